The van der Waals surface area contributed by atoms with Crippen molar-refractivity contribution in [2.45, 2.75) is 210 Å². The summed E-state index contributed by atoms with van der Waals surface area (Å²) in [6, 6.07) is 32.5. The maximum Gasteiger partial charge on any atom is 0.338 e. The Morgan fingerprint density at radius 3 is 1.69 bits per heavy atom. The first-order valence-corrected chi connectivity index (χ1v) is 32.1. The zero-order chi connectivity index (χ0) is 63.6. The van der Waals surface area contributed by atoms with Crippen molar-refractivity contribution in [3.63, 3.8) is 0 Å². The Kier molecular flexibility index (Phi) is 27.9. The van der Waals surface area contributed by atoms with E-state index in [1.54, 1.807) is 91.0 Å². The van der Waals surface area contributed by atoms with Gasteiger partial charge in [-0.2, -0.15) is 0 Å². The van der Waals surface area contributed by atoms with Crippen LogP contribution in [0, 0.1) is 11.8 Å². The number of azide groups is 1. The van der Waals surface area contributed by atoms with Crippen LogP contribution in [0.3, 0.4) is 0 Å². The van der Waals surface area contributed by atoms with E-state index in [9.17, 15) is 29.5 Å². The first-order chi connectivity index (χ1) is 43.9. The van der Waals surface area contributed by atoms with E-state index < -0.39 is 128 Å². The summed E-state index contributed by atoms with van der Waals surface area (Å²) < 4.78 is 85.8. The van der Waals surface area contributed by atoms with E-state index in [2.05, 4.69) is 23.9 Å². The number of nitrogens with zero attached hydrogens (tertiary/aromatic N) is 3. The Morgan fingerprint density at radius 1 is 0.589 bits per heavy atom. The predicted octanol–water partition coefficient (Wildman–Crippen LogP) is 11.8. The smallest absolute Gasteiger partial charge is 0.338 e. The van der Waals surface area contributed by atoms with Crippen molar-refractivity contribution in [3.05, 3.63) is 154 Å². The fraction of sp³-hybridized carbons (Fsp3) is 0.580. The van der Waals surface area contributed by atoms with E-state index in [0.717, 1.165) is 64.2 Å². The number of rotatable bonds is 32. The highest BCUT2D eigenvalue weighted by molar-refractivity contribution is 5.90. The van der Waals surface area contributed by atoms with E-state index >= 15 is 0 Å². The largest absolute Gasteiger partial charge is 0.469 e. The molecule has 14 unspecified atom stereocenters. The lowest BCUT2D eigenvalue weighted by atomic mass is 9.81. The Morgan fingerprint density at radius 2 is 1.12 bits per heavy atom. The summed E-state index contributed by atoms with van der Waals surface area (Å²) in [7, 11) is 1.24. The minimum absolute atomic E-state index is 0.0134. The molecule has 15 atom stereocenters. The molecule has 488 valence electrons. The van der Waals surface area contributed by atoms with E-state index in [1.165, 1.54) is 7.11 Å². The van der Waals surface area contributed by atoms with E-state index in [4.69, 9.17) is 61.6 Å². The van der Waals surface area contributed by atoms with Crippen molar-refractivity contribution < 1.29 is 85.6 Å². The van der Waals surface area contributed by atoms with Crippen LogP contribution in [0.4, 0.5) is 0 Å². The molecule has 4 fully saturated rings. The van der Waals surface area contributed by atoms with Gasteiger partial charge < -0.3 is 61.6 Å². The molecule has 2 aliphatic carbocycles. The molecular formula is C69H89N3O18. The fourth-order valence-electron chi connectivity index (χ4n) is 12.0. The zero-order valence-corrected chi connectivity index (χ0v) is 52.4. The molecule has 2 saturated heterocycles. The van der Waals surface area contributed by atoms with Gasteiger partial charge in [0, 0.05) is 24.7 Å². The molecule has 4 aliphatic rings. The molecule has 0 radical (unpaired) electrons. The molecule has 0 spiro atoms. The average Bonchev–Trinajstić information content (AvgIpc) is 0.809. The van der Waals surface area contributed by atoms with Crippen LogP contribution < -0.4 is 0 Å². The van der Waals surface area contributed by atoms with E-state index in [1.807, 2.05) is 44.2 Å². The lowest BCUT2D eigenvalue weighted by Gasteiger charge is -2.49. The Bertz CT molecular complexity index is 2860. The summed E-state index contributed by atoms with van der Waals surface area (Å²) in [4.78, 5) is 75.7. The third-order valence-corrected chi connectivity index (χ3v) is 16.8. The molecule has 2 heterocycles. The summed E-state index contributed by atoms with van der Waals surface area (Å²) in [5.41, 5.74) is 11.5. The van der Waals surface area contributed by atoms with Crippen molar-refractivity contribution in [3.8, 4) is 0 Å². The second-order valence-electron chi connectivity index (χ2n) is 23.4. The highest BCUT2D eigenvalue weighted by Crippen LogP contribution is 2.41. The molecule has 90 heavy (non-hydrogen) atoms. The third kappa shape index (κ3) is 19.6. The highest BCUT2D eigenvalue weighted by Gasteiger charge is 2.57. The van der Waals surface area contributed by atoms with Crippen LogP contribution in [-0.4, -0.2) is 149 Å². The third-order valence-electron chi connectivity index (χ3n) is 16.8. The Labute approximate surface area is 527 Å². The standard InChI is InChI=1S/C69H89N3O18/c1-6-9-37-79-56-45(4)84-68(61(81-39-11-8-3)59(56)80-38-10-7-2)90-57-52(71-72-70)41-51(63(73)78-5)42-53(57)86-69-62(89-66(76)50-35-25-16-26-36-50)60(85-54(40-46-27-17-12-18-28-46)67(77)82-43-47-29-19-13-20-30-47)58(88-65(75)49-33-23-15-24-34-49)55(87-69)44-83-64(74)48-31-21-14-22-32-48/h13-16,19-26,29-36,45-46,51-62,68-69H,6-12,17-18,27-28,37-44H2,1-5H3/t45?,51?,52?,53?,54-,55?,56?,57?,58?,59?,60?,61?,62?,68?,69?/m0/s1. The quantitative estimate of drug-likeness (QED) is 0.0110. The second kappa shape index (κ2) is 36.3. The van der Waals surface area contributed by atoms with Crippen molar-refractivity contribution in [2.75, 3.05) is 33.5 Å². The maximum absolute atomic E-state index is 15.0. The maximum atomic E-state index is 15.0. The molecule has 4 aromatic carbocycles. The summed E-state index contributed by atoms with van der Waals surface area (Å²) in [6.45, 7) is 8.47. The van der Waals surface area contributed by atoms with Crippen LogP contribution >= 0.6 is 0 Å². The Balaban J connectivity index is 1.27. The summed E-state index contributed by atoms with van der Waals surface area (Å²) in [5.74, 6) is -4.87. The summed E-state index contributed by atoms with van der Waals surface area (Å²) in [5, 5.41) is 4.24. The second-order valence-corrected chi connectivity index (χ2v) is 23.4. The number of hydrogen-bond donors (Lipinski definition) is 0. The van der Waals surface area contributed by atoms with Crippen LogP contribution in [0.5, 0.6) is 0 Å². The number of carbonyl (C=O) groups excluding carboxylic acids is 5. The van der Waals surface area contributed by atoms with Crippen LogP contribution in [0.25, 0.3) is 10.4 Å². The van der Waals surface area contributed by atoms with Gasteiger partial charge in [0.2, 0.25) is 0 Å². The van der Waals surface area contributed by atoms with Crippen LogP contribution in [0.2, 0.25) is 0 Å². The SMILES string of the molecule is CCCCOC1C(C)OC(OC2C(N=[N+]=[N-])CC(C(=O)OC)CC2OC2OC(COC(=O)c3ccccc3)C(OC(=O)c3ccccc3)C(O[C@@H](CC3CCCCC3)C(=O)OCc3ccccc3)C2OC(=O)c2ccccc2)C(OCCCC)C1OCCCC. The predicted molar refractivity (Wildman–Crippen MR) is 328 cm³/mol. The first kappa shape index (κ1) is 69.1. The van der Waals surface area contributed by atoms with Gasteiger partial charge in [0.05, 0.1) is 54.1 Å². The fourth-order valence-corrected chi connectivity index (χ4v) is 12.0. The van der Waals surface area contributed by atoms with Crippen molar-refractivity contribution >= 4 is 29.8 Å². The number of carbonyl (C=O) groups is 5. The van der Waals surface area contributed by atoms with Crippen LogP contribution in [-0.2, 0) is 77.8 Å². The van der Waals surface area contributed by atoms with Crippen molar-refractivity contribution in [2.24, 2.45) is 17.0 Å². The van der Waals surface area contributed by atoms with Gasteiger partial charge in [-0.15, -0.1) is 0 Å². The molecule has 2 aliphatic heterocycles. The number of benzene rings is 4. The van der Waals surface area contributed by atoms with E-state index in [-0.39, 0.29) is 48.5 Å². The van der Waals surface area contributed by atoms with Gasteiger partial charge in [-0.25, -0.2) is 19.2 Å². The molecule has 21 nitrogen and oxygen atoms in total. The number of ether oxygens (including phenoxy) is 13. The summed E-state index contributed by atoms with van der Waals surface area (Å²) >= 11 is 0. The van der Waals surface area contributed by atoms with Crippen LogP contribution in [0.1, 0.15) is 154 Å². The molecular weight excluding hydrogens is 1160 g/mol. The number of methoxy groups -OCH3 is 1. The molecule has 0 aromatic heterocycles. The molecule has 0 bridgehead atoms. The van der Waals surface area contributed by atoms with Crippen molar-refractivity contribution in [1.82, 2.24) is 0 Å². The average molecular weight is 1250 g/mol. The first-order valence-electron chi connectivity index (χ1n) is 32.1. The Hall–Kier alpha value is -6.78. The zero-order valence-electron chi connectivity index (χ0n) is 52.4. The minimum Gasteiger partial charge on any atom is -0.469 e. The number of unbranched alkanes of at least 4 members (excludes halogenated alkanes) is 3. The minimum atomic E-state index is -1.81. The number of hydrogen-bond acceptors (Lipinski definition) is 19. The molecule has 0 amide bonds. The monoisotopic (exact) mass is 1250 g/mol. The van der Waals surface area contributed by atoms with Gasteiger partial charge in [0.25, 0.3) is 0 Å². The van der Waals surface area contributed by atoms with Gasteiger partial charge in [-0.05, 0) is 98.9 Å². The molecule has 4 aromatic rings. The highest BCUT2D eigenvalue weighted by atomic mass is 16.8. The molecule has 8 rings (SSSR count). The van der Waals surface area contributed by atoms with E-state index in [0.29, 0.717) is 31.8 Å². The number of esters is 5. The topological polar surface area (TPSA) is 254 Å². The normalized spacial score (nSPS) is 27.3. The van der Waals surface area contributed by atoms with Gasteiger partial charge in [-0.3, -0.25) is 4.79 Å². The lowest BCUT2D eigenvalue weighted by Crippen LogP contribution is -2.65. The molecule has 21 heteroatoms. The molecule has 0 N–H and O–H groups in total. The van der Waals surface area contributed by atoms with Crippen LogP contribution in [0.15, 0.2) is 126 Å². The van der Waals surface area contributed by atoms with Gasteiger partial charge in [0.15, 0.2) is 30.9 Å². The van der Waals surface area contributed by atoms with Gasteiger partial charge in [-0.1, -0.05) is 162 Å². The molecule has 2 saturated carbocycles. The summed E-state index contributed by atoms with van der Waals surface area (Å²) in [6.07, 6.45) is -7.26. The lowest BCUT2D eigenvalue weighted by molar-refractivity contribution is -0.352. The van der Waals surface area contributed by atoms with Gasteiger partial charge in [0.1, 0.15) is 43.7 Å². The van der Waals surface area contributed by atoms with Crippen molar-refractivity contribution in [1.29, 1.82) is 0 Å². The van der Waals surface area contributed by atoms with Gasteiger partial charge >= 0.3 is 29.8 Å².